The van der Waals surface area contributed by atoms with Gasteiger partial charge in [0.25, 0.3) is 0 Å². The highest BCUT2D eigenvalue weighted by Crippen LogP contribution is 2.25. The van der Waals surface area contributed by atoms with Gasteiger partial charge >= 0.3 is 11.9 Å². The third-order valence-electron chi connectivity index (χ3n) is 5.06. The molecule has 11 nitrogen and oxygen atoms in total. The van der Waals surface area contributed by atoms with E-state index in [9.17, 15) is 35.1 Å². The Balaban J connectivity index is 1.89. The van der Waals surface area contributed by atoms with E-state index in [-0.39, 0.29) is 0 Å². The number of rotatable bonds is 10. The molecule has 1 unspecified atom stereocenters. The van der Waals surface area contributed by atoms with E-state index in [0.29, 0.717) is 18.6 Å². The minimum atomic E-state index is -1.73. The number of aliphatic hydroxyl groups excluding tert-OH is 5. The first-order chi connectivity index (χ1) is 14.9. The van der Waals surface area contributed by atoms with Crippen LogP contribution in [0.15, 0.2) is 24.3 Å². The van der Waals surface area contributed by atoms with Gasteiger partial charge in [0.15, 0.2) is 6.10 Å². The first-order valence-electron chi connectivity index (χ1n) is 10.1. The Hall–Kier alpha value is -2.28. The number of carboxylic acid groups (broad SMARTS) is 1. The van der Waals surface area contributed by atoms with Crippen LogP contribution in [0.25, 0.3) is 0 Å². The number of aryl methyl sites for hydroxylation is 1. The Labute approximate surface area is 184 Å². The molecule has 6 atom stereocenters. The highest BCUT2D eigenvalue weighted by atomic mass is 16.7. The van der Waals surface area contributed by atoms with Crippen molar-refractivity contribution < 1.29 is 54.4 Å². The molecule has 1 heterocycles. The predicted molar refractivity (Wildman–Crippen MR) is 108 cm³/mol. The zero-order chi connectivity index (χ0) is 24.1. The molecule has 180 valence electrons. The number of carboxylic acids is 1. The van der Waals surface area contributed by atoms with Gasteiger partial charge in [0.05, 0.1) is 13.0 Å². The van der Waals surface area contributed by atoms with Crippen molar-refractivity contribution in [2.24, 2.45) is 0 Å². The molecule has 0 saturated carbocycles. The summed E-state index contributed by atoms with van der Waals surface area (Å²) in [6.07, 6.45) is -8.45. The fourth-order valence-electron chi connectivity index (χ4n) is 3.12. The zero-order valence-electron chi connectivity index (χ0n) is 17.8. The fourth-order valence-corrected chi connectivity index (χ4v) is 3.12. The second kappa shape index (κ2) is 11.0. The van der Waals surface area contributed by atoms with Gasteiger partial charge in [-0.25, -0.2) is 4.79 Å². The second-order valence-electron chi connectivity index (χ2n) is 8.25. The lowest BCUT2D eigenvalue weighted by molar-refractivity contribution is -0.277. The average Bonchev–Trinajstić information content (AvgIpc) is 2.72. The summed E-state index contributed by atoms with van der Waals surface area (Å²) in [4.78, 5) is 22.4. The number of aliphatic carboxylic acids is 1. The van der Waals surface area contributed by atoms with E-state index in [2.05, 4.69) is 0 Å². The molecule has 2 rings (SSSR count). The van der Waals surface area contributed by atoms with Gasteiger partial charge < -0.3 is 44.8 Å². The molecule has 0 spiro atoms. The number of benzene rings is 1. The van der Waals surface area contributed by atoms with Crippen molar-refractivity contribution >= 4 is 11.9 Å². The van der Waals surface area contributed by atoms with Crippen LogP contribution in [-0.4, -0.2) is 91.6 Å². The maximum absolute atomic E-state index is 11.8. The Morgan fingerprint density at radius 3 is 2.28 bits per heavy atom. The maximum Gasteiger partial charge on any atom is 0.336 e. The molecule has 1 aromatic carbocycles. The van der Waals surface area contributed by atoms with E-state index >= 15 is 0 Å². The van der Waals surface area contributed by atoms with Crippen LogP contribution in [0, 0.1) is 0 Å². The molecule has 0 aliphatic carbocycles. The molecule has 0 radical (unpaired) electrons. The van der Waals surface area contributed by atoms with E-state index in [4.69, 9.17) is 19.3 Å². The first kappa shape index (κ1) is 26.0. The number of ether oxygens (including phenoxy) is 3. The van der Waals surface area contributed by atoms with E-state index in [1.807, 2.05) is 0 Å². The predicted octanol–water partition coefficient (Wildman–Crippen LogP) is -1.04. The molecule has 0 bridgehead atoms. The summed E-state index contributed by atoms with van der Waals surface area (Å²) in [5.41, 5.74) is -0.0800. The molecule has 32 heavy (non-hydrogen) atoms. The molecule has 11 heteroatoms. The molecule has 1 aliphatic heterocycles. The molecular formula is C21H30O11. The van der Waals surface area contributed by atoms with E-state index in [1.54, 1.807) is 38.1 Å². The SMILES string of the molecule is CC(C)(CCc1ccc(O[C@@H]2O[C@H](CO)[C@@H](O)[C@H](O)[C@H]2O)cc1)OC(=O)C(O)CC(=O)O. The molecule has 1 aromatic rings. The van der Waals surface area contributed by atoms with E-state index < -0.39 is 67.4 Å². The number of hydrogen-bond acceptors (Lipinski definition) is 10. The van der Waals surface area contributed by atoms with Gasteiger partial charge in [-0.15, -0.1) is 0 Å². The van der Waals surface area contributed by atoms with Crippen LogP contribution in [0.1, 0.15) is 32.3 Å². The van der Waals surface area contributed by atoms with E-state index in [0.717, 1.165) is 5.56 Å². The summed E-state index contributed by atoms with van der Waals surface area (Å²) in [7, 11) is 0. The molecular weight excluding hydrogens is 428 g/mol. The van der Waals surface area contributed by atoms with Gasteiger partial charge in [-0.05, 0) is 44.4 Å². The molecule has 1 fully saturated rings. The number of hydrogen-bond donors (Lipinski definition) is 6. The molecule has 6 N–H and O–H groups in total. The Kier molecular flexibility index (Phi) is 8.96. The second-order valence-corrected chi connectivity index (χ2v) is 8.25. The van der Waals surface area contributed by atoms with Crippen LogP contribution >= 0.6 is 0 Å². The topological polar surface area (TPSA) is 183 Å². The summed E-state index contributed by atoms with van der Waals surface area (Å²) in [5, 5.41) is 57.1. The van der Waals surface area contributed by atoms with Crippen molar-refractivity contribution in [1.82, 2.24) is 0 Å². The minimum absolute atomic E-state index is 0.320. The largest absolute Gasteiger partial charge is 0.481 e. The summed E-state index contributed by atoms with van der Waals surface area (Å²) in [6, 6.07) is 6.67. The summed E-state index contributed by atoms with van der Waals surface area (Å²) in [5.74, 6) is -1.99. The lowest BCUT2D eigenvalue weighted by Crippen LogP contribution is -2.60. The Morgan fingerprint density at radius 2 is 1.72 bits per heavy atom. The van der Waals surface area contributed by atoms with Crippen molar-refractivity contribution in [3.8, 4) is 5.75 Å². The highest BCUT2D eigenvalue weighted by Gasteiger charge is 2.44. The highest BCUT2D eigenvalue weighted by molar-refractivity contribution is 5.81. The third-order valence-corrected chi connectivity index (χ3v) is 5.06. The summed E-state index contributed by atoms with van der Waals surface area (Å²) < 4.78 is 16.0. The minimum Gasteiger partial charge on any atom is -0.481 e. The van der Waals surface area contributed by atoms with Gasteiger partial charge in [0.1, 0.15) is 35.8 Å². The fraction of sp³-hybridized carbons (Fsp3) is 0.619. The Morgan fingerprint density at radius 1 is 1.09 bits per heavy atom. The zero-order valence-corrected chi connectivity index (χ0v) is 17.8. The monoisotopic (exact) mass is 458 g/mol. The van der Waals surface area contributed by atoms with Crippen LogP contribution in [-0.2, 0) is 25.5 Å². The quantitative estimate of drug-likeness (QED) is 0.235. The van der Waals surface area contributed by atoms with Gasteiger partial charge in [-0.2, -0.15) is 0 Å². The van der Waals surface area contributed by atoms with Crippen LogP contribution < -0.4 is 4.74 Å². The van der Waals surface area contributed by atoms with Gasteiger partial charge in [-0.1, -0.05) is 12.1 Å². The van der Waals surface area contributed by atoms with Crippen LogP contribution in [0.4, 0.5) is 0 Å². The molecule has 0 amide bonds. The molecule has 0 aromatic heterocycles. The van der Waals surface area contributed by atoms with Gasteiger partial charge in [-0.3, -0.25) is 4.79 Å². The van der Waals surface area contributed by atoms with Crippen molar-refractivity contribution in [2.75, 3.05) is 6.61 Å². The van der Waals surface area contributed by atoms with Crippen molar-refractivity contribution in [2.45, 2.75) is 75.5 Å². The average molecular weight is 458 g/mol. The first-order valence-corrected chi connectivity index (χ1v) is 10.1. The van der Waals surface area contributed by atoms with Gasteiger partial charge in [0, 0.05) is 0 Å². The number of aliphatic hydroxyl groups is 5. The van der Waals surface area contributed by atoms with Crippen molar-refractivity contribution in [3.63, 3.8) is 0 Å². The van der Waals surface area contributed by atoms with Crippen LogP contribution in [0.2, 0.25) is 0 Å². The Bertz CT molecular complexity index is 762. The van der Waals surface area contributed by atoms with Crippen molar-refractivity contribution in [1.29, 1.82) is 0 Å². The van der Waals surface area contributed by atoms with Crippen LogP contribution in [0.5, 0.6) is 5.75 Å². The van der Waals surface area contributed by atoms with Gasteiger partial charge in [0.2, 0.25) is 6.29 Å². The number of carbonyl (C=O) groups excluding carboxylic acids is 1. The summed E-state index contributed by atoms with van der Waals surface area (Å²) >= 11 is 0. The normalized spacial score (nSPS) is 26.9. The smallest absolute Gasteiger partial charge is 0.336 e. The van der Waals surface area contributed by atoms with Crippen LogP contribution in [0.3, 0.4) is 0 Å². The molecule has 1 saturated heterocycles. The molecule has 1 aliphatic rings. The lowest BCUT2D eigenvalue weighted by atomic mass is 9.98. The lowest BCUT2D eigenvalue weighted by Gasteiger charge is -2.39. The standard InChI is InChI=1S/C21H30O11/c1-21(2,32-19(29)13(23)9-15(24)25)8-7-11-3-5-12(6-4-11)30-20-18(28)17(27)16(26)14(10-22)31-20/h3-6,13-14,16-18,20,22-23,26-28H,7-10H2,1-2H3,(H,24,25)/t13?,14-,16-,17+,18-,20-/m1/s1. The third kappa shape index (κ3) is 7.12. The number of carbonyl (C=O) groups is 2. The van der Waals surface area contributed by atoms with E-state index in [1.165, 1.54) is 0 Å². The summed E-state index contributed by atoms with van der Waals surface area (Å²) in [6.45, 7) is 2.74. The maximum atomic E-state index is 11.8. The number of esters is 1. The van der Waals surface area contributed by atoms with Crippen molar-refractivity contribution in [3.05, 3.63) is 29.8 Å².